The zero-order valence-corrected chi connectivity index (χ0v) is 12.4. The number of carboxylic acid groups (broad SMARTS) is 1. The molecule has 6 nitrogen and oxygen atoms in total. The van der Waals surface area contributed by atoms with E-state index in [0.717, 1.165) is 12.8 Å². The number of halogens is 1. The maximum Gasteiger partial charge on any atom is 0.321 e. The molecule has 0 radical (unpaired) electrons. The van der Waals surface area contributed by atoms with Crippen molar-refractivity contribution in [1.29, 1.82) is 0 Å². The van der Waals surface area contributed by atoms with Crippen molar-refractivity contribution in [3.8, 4) is 0 Å². The highest BCUT2D eigenvalue weighted by Crippen LogP contribution is 2.29. The average Bonchev–Trinajstić information content (AvgIpc) is 2.37. The number of nitrogens with zero attached hydrogens (tertiary/aromatic N) is 2. The molecule has 7 heteroatoms. The summed E-state index contributed by atoms with van der Waals surface area (Å²) in [5, 5.41) is 20.9. The van der Waals surface area contributed by atoms with Crippen LogP contribution in [0.2, 0.25) is 5.02 Å². The largest absolute Gasteiger partial charge is 0.480 e. The summed E-state index contributed by atoms with van der Waals surface area (Å²) in [6, 6.07) is 3.76. The standard InChI is InChI=1S/C14H17ClN2O4/c1-9-3-2-6-16(13(9)14(18)19)8-10-7-11(15)4-5-12(10)17(20)21/h4-5,7,9,13H,2-3,6,8H2,1H3,(H,18,19). The summed E-state index contributed by atoms with van der Waals surface area (Å²) in [5.74, 6) is -0.860. The first-order chi connectivity index (χ1) is 9.90. The maximum absolute atomic E-state index is 11.4. The molecular formula is C14H17ClN2O4. The van der Waals surface area contributed by atoms with E-state index in [0.29, 0.717) is 17.1 Å². The Labute approximate surface area is 127 Å². The van der Waals surface area contributed by atoms with E-state index in [1.807, 2.05) is 6.92 Å². The second-order valence-corrected chi connectivity index (χ2v) is 5.84. The number of rotatable bonds is 4. The Morgan fingerprint density at radius 3 is 2.90 bits per heavy atom. The molecule has 114 valence electrons. The van der Waals surface area contributed by atoms with Crippen LogP contribution in [0.4, 0.5) is 5.69 Å². The van der Waals surface area contributed by atoms with Gasteiger partial charge in [0, 0.05) is 23.2 Å². The highest BCUT2D eigenvalue weighted by atomic mass is 35.5. The van der Waals surface area contributed by atoms with Gasteiger partial charge in [0.05, 0.1) is 4.92 Å². The van der Waals surface area contributed by atoms with Gasteiger partial charge in [-0.1, -0.05) is 18.5 Å². The monoisotopic (exact) mass is 312 g/mol. The van der Waals surface area contributed by atoms with Crippen LogP contribution in [0.1, 0.15) is 25.3 Å². The first kappa shape index (κ1) is 15.7. The number of nitro benzene ring substituents is 1. The third kappa shape index (κ3) is 3.51. The molecule has 0 amide bonds. The predicted molar refractivity (Wildman–Crippen MR) is 78.3 cm³/mol. The van der Waals surface area contributed by atoms with Gasteiger partial charge in [-0.2, -0.15) is 0 Å². The number of piperidine rings is 1. The highest BCUT2D eigenvalue weighted by molar-refractivity contribution is 6.30. The molecule has 1 aliphatic rings. The summed E-state index contributed by atoms with van der Waals surface area (Å²) in [5.41, 5.74) is 0.426. The molecule has 0 aliphatic carbocycles. The Balaban J connectivity index is 2.29. The molecule has 2 rings (SSSR count). The molecule has 1 N–H and O–H groups in total. The first-order valence-electron chi connectivity index (χ1n) is 6.80. The van der Waals surface area contributed by atoms with Crippen LogP contribution in [-0.4, -0.2) is 33.5 Å². The Kier molecular flexibility index (Phi) is 4.80. The minimum absolute atomic E-state index is 0.0227. The van der Waals surface area contributed by atoms with Gasteiger partial charge in [0.1, 0.15) is 6.04 Å². The van der Waals surface area contributed by atoms with Gasteiger partial charge in [-0.15, -0.1) is 0 Å². The minimum Gasteiger partial charge on any atom is -0.480 e. The van der Waals surface area contributed by atoms with E-state index in [1.165, 1.54) is 18.2 Å². The second-order valence-electron chi connectivity index (χ2n) is 5.40. The number of benzene rings is 1. The summed E-state index contributed by atoms with van der Waals surface area (Å²) < 4.78 is 0. The van der Waals surface area contributed by atoms with Crippen molar-refractivity contribution in [2.45, 2.75) is 32.4 Å². The lowest BCUT2D eigenvalue weighted by Gasteiger charge is -2.37. The quantitative estimate of drug-likeness (QED) is 0.682. The first-order valence-corrected chi connectivity index (χ1v) is 7.17. The lowest BCUT2D eigenvalue weighted by Crippen LogP contribution is -2.48. The second kappa shape index (κ2) is 6.41. The van der Waals surface area contributed by atoms with Gasteiger partial charge in [-0.3, -0.25) is 19.8 Å². The van der Waals surface area contributed by atoms with Crippen LogP contribution in [-0.2, 0) is 11.3 Å². The number of nitro groups is 1. The SMILES string of the molecule is CC1CCCN(Cc2cc(Cl)ccc2[N+](=O)[O-])C1C(=O)O. The van der Waals surface area contributed by atoms with Crippen molar-refractivity contribution in [2.75, 3.05) is 6.54 Å². The third-order valence-corrected chi connectivity index (χ3v) is 4.14. The van der Waals surface area contributed by atoms with Crippen LogP contribution in [0, 0.1) is 16.0 Å². The average molecular weight is 313 g/mol. The summed E-state index contributed by atoms with van der Waals surface area (Å²) >= 11 is 5.91. The van der Waals surface area contributed by atoms with E-state index < -0.39 is 16.9 Å². The lowest BCUT2D eigenvalue weighted by molar-refractivity contribution is -0.385. The summed E-state index contributed by atoms with van der Waals surface area (Å²) in [6.07, 6.45) is 1.74. The lowest BCUT2D eigenvalue weighted by atomic mass is 9.90. The van der Waals surface area contributed by atoms with Crippen molar-refractivity contribution in [2.24, 2.45) is 5.92 Å². The normalized spacial score (nSPS) is 23.0. The molecule has 1 aromatic carbocycles. The van der Waals surface area contributed by atoms with Crippen LogP contribution >= 0.6 is 11.6 Å². The fourth-order valence-electron chi connectivity index (χ4n) is 2.93. The number of likely N-dealkylation sites (tertiary alicyclic amines) is 1. The Hall–Kier alpha value is -1.66. The molecule has 1 fully saturated rings. The fraction of sp³-hybridized carbons (Fsp3) is 0.500. The van der Waals surface area contributed by atoms with E-state index in [4.69, 9.17) is 11.6 Å². The van der Waals surface area contributed by atoms with Crippen molar-refractivity contribution in [3.63, 3.8) is 0 Å². The van der Waals surface area contributed by atoms with Gasteiger partial charge < -0.3 is 5.11 Å². The van der Waals surface area contributed by atoms with E-state index in [1.54, 1.807) is 4.90 Å². The predicted octanol–water partition coefficient (Wildman–Crippen LogP) is 2.93. The van der Waals surface area contributed by atoms with Gasteiger partial charge in [-0.05, 0) is 37.4 Å². The van der Waals surface area contributed by atoms with Crippen LogP contribution in [0.25, 0.3) is 0 Å². The molecule has 1 aromatic rings. The third-order valence-electron chi connectivity index (χ3n) is 3.90. The summed E-state index contributed by atoms with van der Waals surface area (Å²) in [6.45, 7) is 2.74. The summed E-state index contributed by atoms with van der Waals surface area (Å²) in [7, 11) is 0. The van der Waals surface area contributed by atoms with Gasteiger partial charge in [0.2, 0.25) is 0 Å². The number of carboxylic acids is 1. The van der Waals surface area contributed by atoms with E-state index in [9.17, 15) is 20.0 Å². The molecule has 1 saturated heterocycles. The topological polar surface area (TPSA) is 83.7 Å². The van der Waals surface area contributed by atoms with Gasteiger partial charge in [-0.25, -0.2) is 0 Å². The minimum atomic E-state index is -0.883. The molecule has 1 aliphatic heterocycles. The number of aliphatic carboxylic acids is 1. The zero-order valence-electron chi connectivity index (χ0n) is 11.7. The van der Waals surface area contributed by atoms with Crippen molar-refractivity contribution < 1.29 is 14.8 Å². The van der Waals surface area contributed by atoms with Gasteiger partial charge >= 0.3 is 5.97 Å². The highest BCUT2D eigenvalue weighted by Gasteiger charge is 2.35. The number of hydrogen-bond donors (Lipinski definition) is 1. The Morgan fingerprint density at radius 2 is 2.29 bits per heavy atom. The molecule has 1 heterocycles. The van der Waals surface area contributed by atoms with Gasteiger partial charge in [0.25, 0.3) is 5.69 Å². The van der Waals surface area contributed by atoms with Crippen LogP contribution in [0.3, 0.4) is 0 Å². The fourth-order valence-corrected chi connectivity index (χ4v) is 3.12. The molecule has 0 saturated carbocycles. The molecule has 2 unspecified atom stereocenters. The number of carbonyl (C=O) groups is 1. The van der Waals surface area contributed by atoms with Gasteiger partial charge in [0.15, 0.2) is 0 Å². The molecule has 2 atom stereocenters. The molecular weight excluding hydrogens is 296 g/mol. The van der Waals surface area contributed by atoms with E-state index >= 15 is 0 Å². The Morgan fingerprint density at radius 1 is 1.57 bits per heavy atom. The van der Waals surface area contributed by atoms with Crippen LogP contribution in [0.5, 0.6) is 0 Å². The Bertz CT molecular complexity index is 564. The molecule has 21 heavy (non-hydrogen) atoms. The summed E-state index contributed by atoms with van der Waals surface area (Å²) in [4.78, 5) is 23.9. The smallest absolute Gasteiger partial charge is 0.321 e. The zero-order chi connectivity index (χ0) is 15.6. The van der Waals surface area contributed by atoms with Crippen LogP contribution in [0.15, 0.2) is 18.2 Å². The van der Waals surface area contributed by atoms with Crippen molar-refractivity contribution >= 4 is 23.3 Å². The molecule has 0 aromatic heterocycles. The number of hydrogen-bond acceptors (Lipinski definition) is 4. The van der Waals surface area contributed by atoms with E-state index in [-0.39, 0.29) is 18.2 Å². The molecule has 0 spiro atoms. The maximum atomic E-state index is 11.4. The molecule has 0 bridgehead atoms. The van der Waals surface area contributed by atoms with Crippen molar-refractivity contribution in [3.05, 3.63) is 38.9 Å². The van der Waals surface area contributed by atoms with Crippen molar-refractivity contribution in [1.82, 2.24) is 4.90 Å². The van der Waals surface area contributed by atoms with E-state index in [2.05, 4.69) is 0 Å². The van der Waals surface area contributed by atoms with Crippen LogP contribution < -0.4 is 0 Å².